The lowest BCUT2D eigenvalue weighted by molar-refractivity contribution is -0.120. The molecule has 0 bridgehead atoms. The van der Waals surface area contributed by atoms with Crippen molar-refractivity contribution in [3.63, 3.8) is 0 Å². The second-order valence-corrected chi connectivity index (χ2v) is 9.41. The Hall–Kier alpha value is -2.63. The monoisotopic (exact) mass is 398 g/mol. The van der Waals surface area contributed by atoms with E-state index in [1.165, 1.54) is 20.3 Å². The van der Waals surface area contributed by atoms with Crippen molar-refractivity contribution in [1.82, 2.24) is 0 Å². The fourth-order valence-corrected chi connectivity index (χ4v) is 6.48. The summed E-state index contributed by atoms with van der Waals surface area (Å²) in [6, 6.07) is 3.00. The van der Waals surface area contributed by atoms with Crippen LogP contribution in [0.15, 0.2) is 12.1 Å². The number of esters is 1. The SMILES string of the molecule is COC(=O)c1cc(OC)c2cc(O)c3c(c2c1O)[C@H]1[C@@H]2[C@@H](CC[C@]2(C)O3)C1(C)C. The molecule has 2 saturated carbocycles. The number of phenols is 2. The van der Waals surface area contributed by atoms with Crippen LogP contribution in [0.2, 0.25) is 0 Å². The number of rotatable bonds is 2. The number of aromatic hydroxyl groups is 2. The molecule has 5 rings (SSSR count). The first-order valence-corrected chi connectivity index (χ1v) is 10.0. The first-order valence-electron chi connectivity index (χ1n) is 10.0. The topological polar surface area (TPSA) is 85.2 Å². The van der Waals surface area contributed by atoms with Crippen LogP contribution in [0.25, 0.3) is 10.8 Å². The molecule has 3 aliphatic rings. The molecule has 0 spiro atoms. The van der Waals surface area contributed by atoms with Crippen LogP contribution in [0.3, 0.4) is 0 Å². The van der Waals surface area contributed by atoms with E-state index < -0.39 is 5.97 Å². The second kappa shape index (κ2) is 5.49. The smallest absolute Gasteiger partial charge is 0.341 e. The van der Waals surface area contributed by atoms with E-state index in [1.807, 2.05) is 0 Å². The Balaban J connectivity index is 1.90. The van der Waals surface area contributed by atoms with Crippen molar-refractivity contribution >= 4 is 16.7 Å². The van der Waals surface area contributed by atoms with Crippen molar-refractivity contribution in [2.45, 2.75) is 45.1 Å². The van der Waals surface area contributed by atoms with Gasteiger partial charge >= 0.3 is 5.97 Å². The van der Waals surface area contributed by atoms with Gasteiger partial charge in [0, 0.05) is 28.2 Å². The van der Waals surface area contributed by atoms with E-state index in [0.29, 0.717) is 34.1 Å². The molecule has 0 aromatic heterocycles. The van der Waals surface area contributed by atoms with E-state index in [2.05, 4.69) is 20.8 Å². The molecule has 6 heteroatoms. The maximum Gasteiger partial charge on any atom is 0.341 e. The molecule has 2 aliphatic carbocycles. The molecule has 1 heterocycles. The average Bonchev–Trinajstić information content (AvgIpc) is 3.02. The van der Waals surface area contributed by atoms with Gasteiger partial charge in [0.1, 0.15) is 22.7 Å². The van der Waals surface area contributed by atoms with E-state index >= 15 is 0 Å². The predicted molar refractivity (Wildman–Crippen MR) is 107 cm³/mol. The van der Waals surface area contributed by atoms with Gasteiger partial charge < -0.3 is 24.4 Å². The lowest BCUT2D eigenvalue weighted by Crippen LogP contribution is -2.59. The van der Waals surface area contributed by atoms with E-state index in [1.54, 1.807) is 6.07 Å². The molecule has 2 fully saturated rings. The zero-order chi connectivity index (χ0) is 20.9. The van der Waals surface area contributed by atoms with Gasteiger partial charge in [-0.2, -0.15) is 0 Å². The average molecular weight is 398 g/mol. The molecule has 0 radical (unpaired) electrons. The van der Waals surface area contributed by atoms with Crippen molar-refractivity contribution < 1.29 is 29.2 Å². The normalized spacial score (nSPS) is 30.7. The Morgan fingerprint density at radius 1 is 1.21 bits per heavy atom. The number of ether oxygens (including phenoxy) is 3. The molecule has 2 aromatic rings. The van der Waals surface area contributed by atoms with Crippen molar-refractivity contribution in [2.24, 2.45) is 17.3 Å². The molecule has 2 aromatic carbocycles. The summed E-state index contributed by atoms with van der Waals surface area (Å²) < 4.78 is 16.8. The molecule has 2 N–H and O–H groups in total. The Bertz CT molecular complexity index is 1070. The minimum Gasteiger partial charge on any atom is -0.506 e. The van der Waals surface area contributed by atoms with E-state index in [9.17, 15) is 15.0 Å². The quantitative estimate of drug-likeness (QED) is 0.732. The van der Waals surface area contributed by atoms with Gasteiger partial charge in [0.2, 0.25) is 0 Å². The Labute approximate surface area is 169 Å². The summed E-state index contributed by atoms with van der Waals surface area (Å²) in [6.07, 6.45) is 2.02. The Morgan fingerprint density at radius 3 is 2.59 bits per heavy atom. The molecule has 29 heavy (non-hydrogen) atoms. The zero-order valence-electron chi connectivity index (χ0n) is 17.3. The summed E-state index contributed by atoms with van der Waals surface area (Å²) in [5.74, 6) is 0.964. The first-order chi connectivity index (χ1) is 13.7. The number of carbonyl (C=O) groups is 1. The summed E-state index contributed by atoms with van der Waals surface area (Å²) in [6.45, 7) is 6.61. The first kappa shape index (κ1) is 18.4. The lowest BCUT2D eigenvalue weighted by Gasteiger charge is -2.62. The van der Waals surface area contributed by atoms with Crippen LogP contribution in [0.5, 0.6) is 23.0 Å². The Morgan fingerprint density at radius 2 is 1.93 bits per heavy atom. The third-order valence-corrected chi connectivity index (χ3v) is 7.81. The summed E-state index contributed by atoms with van der Waals surface area (Å²) in [4.78, 5) is 12.3. The van der Waals surface area contributed by atoms with Crippen LogP contribution in [0.4, 0.5) is 0 Å². The molecule has 1 aliphatic heterocycles. The zero-order valence-corrected chi connectivity index (χ0v) is 17.3. The number of benzene rings is 2. The summed E-state index contributed by atoms with van der Waals surface area (Å²) in [5.41, 5.74) is 0.469. The minimum absolute atomic E-state index is 0.0113. The van der Waals surface area contributed by atoms with Gasteiger partial charge in [-0.3, -0.25) is 0 Å². The number of hydrogen-bond acceptors (Lipinski definition) is 6. The minimum atomic E-state index is -0.641. The maximum absolute atomic E-state index is 12.3. The van der Waals surface area contributed by atoms with Gasteiger partial charge in [-0.25, -0.2) is 4.79 Å². The molecular weight excluding hydrogens is 372 g/mol. The second-order valence-electron chi connectivity index (χ2n) is 9.41. The van der Waals surface area contributed by atoms with Gasteiger partial charge in [-0.1, -0.05) is 13.8 Å². The van der Waals surface area contributed by atoms with Crippen LogP contribution in [-0.2, 0) is 4.74 Å². The van der Waals surface area contributed by atoms with E-state index in [-0.39, 0.29) is 34.0 Å². The van der Waals surface area contributed by atoms with Crippen molar-refractivity contribution in [3.05, 3.63) is 23.3 Å². The predicted octanol–water partition coefficient (Wildman–Crippen LogP) is 4.35. The van der Waals surface area contributed by atoms with Crippen molar-refractivity contribution in [3.8, 4) is 23.0 Å². The number of phenolic OH excluding ortho intramolecular Hbond substituents is 2. The molecule has 0 amide bonds. The molecular formula is C23H26O6. The highest BCUT2D eigenvalue weighted by Crippen LogP contribution is 2.75. The summed E-state index contributed by atoms with van der Waals surface area (Å²) in [7, 11) is 2.77. The molecule has 0 unspecified atom stereocenters. The van der Waals surface area contributed by atoms with Crippen LogP contribution in [0, 0.1) is 17.3 Å². The lowest BCUT2D eigenvalue weighted by atomic mass is 9.44. The van der Waals surface area contributed by atoms with Gasteiger partial charge in [-0.15, -0.1) is 0 Å². The summed E-state index contributed by atoms with van der Waals surface area (Å²) in [5, 5.41) is 23.1. The van der Waals surface area contributed by atoms with Gasteiger partial charge in [-0.05, 0) is 43.2 Å². The third kappa shape index (κ3) is 2.04. The molecule has 4 atom stereocenters. The van der Waals surface area contributed by atoms with Crippen LogP contribution in [0.1, 0.15) is 55.5 Å². The highest BCUT2D eigenvalue weighted by atomic mass is 16.5. The van der Waals surface area contributed by atoms with E-state index in [4.69, 9.17) is 14.2 Å². The van der Waals surface area contributed by atoms with Gasteiger partial charge in [0.25, 0.3) is 0 Å². The van der Waals surface area contributed by atoms with Gasteiger partial charge in [0.15, 0.2) is 11.5 Å². The molecule has 6 nitrogen and oxygen atoms in total. The number of hydrogen-bond donors (Lipinski definition) is 2. The summed E-state index contributed by atoms with van der Waals surface area (Å²) >= 11 is 0. The van der Waals surface area contributed by atoms with Crippen molar-refractivity contribution in [2.75, 3.05) is 14.2 Å². The number of methoxy groups -OCH3 is 2. The van der Waals surface area contributed by atoms with Crippen LogP contribution >= 0.6 is 0 Å². The molecule has 0 saturated heterocycles. The highest BCUT2D eigenvalue weighted by Gasteiger charge is 2.69. The molecule has 154 valence electrons. The highest BCUT2D eigenvalue weighted by molar-refractivity contribution is 6.07. The fraction of sp³-hybridized carbons (Fsp3) is 0.522. The Kier molecular flexibility index (Phi) is 3.49. The fourth-order valence-electron chi connectivity index (χ4n) is 6.48. The largest absolute Gasteiger partial charge is 0.506 e. The standard InChI is InChI=1S/C23H26O6/c1-22(2)12-6-7-23(3)17(12)18(22)16-15-10(8-13(24)20(16)29-23)14(27-4)9-11(19(15)25)21(26)28-5/h8-9,12,17-18,24-25H,6-7H2,1-5H3/t12-,17+,18+,23+/m1/s1. The maximum atomic E-state index is 12.3. The van der Waals surface area contributed by atoms with Crippen molar-refractivity contribution in [1.29, 1.82) is 0 Å². The number of carbonyl (C=O) groups excluding carboxylic acids is 1. The third-order valence-electron chi connectivity index (χ3n) is 7.81. The van der Waals surface area contributed by atoms with E-state index in [0.717, 1.165) is 18.4 Å². The van der Waals surface area contributed by atoms with Crippen LogP contribution < -0.4 is 9.47 Å². The number of fused-ring (bicyclic) bond motifs is 4. The van der Waals surface area contributed by atoms with Crippen LogP contribution in [-0.4, -0.2) is 36.0 Å². The van der Waals surface area contributed by atoms with Gasteiger partial charge in [0.05, 0.1) is 14.2 Å².